The number of anilines is 2. The van der Waals surface area contributed by atoms with Gasteiger partial charge in [0.15, 0.2) is 5.13 Å². The molecule has 0 fully saturated rings. The van der Waals surface area contributed by atoms with Gasteiger partial charge in [0.05, 0.1) is 23.4 Å². The predicted octanol–water partition coefficient (Wildman–Crippen LogP) is 2.54. The average molecular weight is 337 g/mol. The number of nitriles is 1. The van der Waals surface area contributed by atoms with Gasteiger partial charge in [0.1, 0.15) is 6.07 Å². The Hall–Kier alpha value is -1.91. The zero-order valence-electron chi connectivity index (χ0n) is 9.68. The van der Waals surface area contributed by atoms with Crippen LogP contribution in [0.25, 0.3) is 0 Å². The normalized spacial score (nSPS) is 9.89. The van der Waals surface area contributed by atoms with Crippen molar-refractivity contribution in [1.29, 1.82) is 5.26 Å². The number of benzene rings is 1. The van der Waals surface area contributed by atoms with Crippen LogP contribution in [0.3, 0.4) is 0 Å². The second kappa shape index (κ2) is 5.82. The van der Waals surface area contributed by atoms with E-state index in [0.29, 0.717) is 22.1 Å². The highest BCUT2D eigenvalue weighted by Gasteiger charge is 2.10. The van der Waals surface area contributed by atoms with Crippen LogP contribution >= 0.6 is 27.3 Å². The summed E-state index contributed by atoms with van der Waals surface area (Å²) in [5.74, 6) is -0.236. The van der Waals surface area contributed by atoms with Crippen molar-refractivity contribution < 1.29 is 4.79 Å². The molecular weight excluding hydrogens is 328 g/mol. The number of hydrogen-bond acceptors (Lipinski definition) is 5. The van der Waals surface area contributed by atoms with Crippen molar-refractivity contribution in [2.24, 2.45) is 0 Å². The summed E-state index contributed by atoms with van der Waals surface area (Å²) in [4.78, 5) is 15.9. The van der Waals surface area contributed by atoms with Crippen molar-refractivity contribution in [3.63, 3.8) is 0 Å². The number of carbonyl (C=O) groups excluding carboxylic acids is 1. The summed E-state index contributed by atoms with van der Waals surface area (Å²) in [6, 6.07) is 7.10. The molecule has 2 aromatic rings. The molecule has 0 atom stereocenters. The number of nitrogen functional groups attached to an aromatic ring is 1. The number of nitrogens with two attached hydrogens (primary N) is 1. The lowest BCUT2D eigenvalue weighted by molar-refractivity contribution is -0.115. The molecule has 3 N–H and O–H groups in total. The minimum atomic E-state index is -0.236. The minimum Gasteiger partial charge on any atom is -0.375 e. The van der Waals surface area contributed by atoms with Crippen LogP contribution in [0.1, 0.15) is 11.3 Å². The SMILES string of the molecule is N#Cc1ccc(Br)cc1NC(=O)Cc1csc(N)n1. The Morgan fingerprint density at radius 3 is 3.00 bits per heavy atom. The van der Waals surface area contributed by atoms with Gasteiger partial charge < -0.3 is 11.1 Å². The van der Waals surface area contributed by atoms with Gasteiger partial charge in [0, 0.05) is 9.85 Å². The van der Waals surface area contributed by atoms with Crippen LogP contribution in [0, 0.1) is 11.3 Å². The number of amides is 1. The number of hydrogen-bond donors (Lipinski definition) is 2. The number of nitrogens with one attached hydrogen (secondary N) is 1. The maximum absolute atomic E-state index is 11.9. The molecule has 19 heavy (non-hydrogen) atoms. The summed E-state index contributed by atoms with van der Waals surface area (Å²) in [6.07, 6.45) is 0.130. The van der Waals surface area contributed by atoms with E-state index in [-0.39, 0.29) is 12.3 Å². The second-order valence-electron chi connectivity index (χ2n) is 3.70. The number of nitrogens with zero attached hydrogens (tertiary/aromatic N) is 2. The number of carbonyl (C=O) groups is 1. The molecular formula is C12H9BrN4OS. The van der Waals surface area contributed by atoms with Gasteiger partial charge in [0.25, 0.3) is 0 Å². The maximum atomic E-state index is 11.9. The van der Waals surface area contributed by atoms with Gasteiger partial charge in [-0.1, -0.05) is 15.9 Å². The Kier molecular flexibility index (Phi) is 4.14. The average Bonchev–Trinajstić information content (AvgIpc) is 2.75. The highest BCUT2D eigenvalue weighted by molar-refractivity contribution is 9.10. The molecule has 1 amide bonds. The van der Waals surface area contributed by atoms with Gasteiger partial charge in [-0.05, 0) is 18.2 Å². The lowest BCUT2D eigenvalue weighted by Gasteiger charge is -2.06. The molecule has 2 rings (SSSR count). The first-order valence-corrected chi connectivity index (χ1v) is 6.95. The first kappa shape index (κ1) is 13.5. The third kappa shape index (κ3) is 3.53. The van der Waals surface area contributed by atoms with E-state index in [0.717, 1.165) is 4.47 Å². The Morgan fingerprint density at radius 1 is 1.58 bits per heavy atom. The Labute approximate surface area is 122 Å². The summed E-state index contributed by atoms with van der Waals surface area (Å²) in [7, 11) is 0. The van der Waals surface area contributed by atoms with Crippen molar-refractivity contribution in [1.82, 2.24) is 4.98 Å². The molecule has 0 saturated carbocycles. The number of rotatable bonds is 3. The summed E-state index contributed by atoms with van der Waals surface area (Å²) >= 11 is 4.59. The Balaban J connectivity index is 2.11. The summed E-state index contributed by atoms with van der Waals surface area (Å²) in [5.41, 5.74) is 7.01. The number of halogens is 1. The molecule has 5 nitrogen and oxygen atoms in total. The van der Waals surface area contributed by atoms with Crippen molar-refractivity contribution in [2.45, 2.75) is 6.42 Å². The van der Waals surface area contributed by atoms with E-state index < -0.39 is 0 Å². The van der Waals surface area contributed by atoms with E-state index in [1.807, 2.05) is 6.07 Å². The minimum absolute atomic E-state index is 0.130. The van der Waals surface area contributed by atoms with Gasteiger partial charge in [-0.25, -0.2) is 4.98 Å². The fourth-order valence-corrected chi connectivity index (χ4v) is 2.40. The van der Waals surface area contributed by atoms with Crippen LogP contribution in [-0.4, -0.2) is 10.9 Å². The largest absolute Gasteiger partial charge is 0.375 e. The molecule has 96 valence electrons. The van der Waals surface area contributed by atoms with Crippen molar-refractivity contribution >= 4 is 44.0 Å². The molecule has 0 unspecified atom stereocenters. The molecule has 1 aromatic heterocycles. The second-order valence-corrected chi connectivity index (χ2v) is 5.51. The van der Waals surface area contributed by atoms with Gasteiger partial charge in [0.2, 0.25) is 5.91 Å². The van der Waals surface area contributed by atoms with Gasteiger partial charge >= 0.3 is 0 Å². The molecule has 0 aliphatic carbocycles. The van der Waals surface area contributed by atoms with Crippen molar-refractivity contribution in [2.75, 3.05) is 11.1 Å². The van der Waals surface area contributed by atoms with Crippen LogP contribution < -0.4 is 11.1 Å². The maximum Gasteiger partial charge on any atom is 0.230 e. The highest BCUT2D eigenvalue weighted by Crippen LogP contribution is 2.21. The Morgan fingerprint density at radius 2 is 2.37 bits per heavy atom. The summed E-state index contributed by atoms with van der Waals surface area (Å²) in [5, 5.41) is 13.8. The quantitative estimate of drug-likeness (QED) is 0.900. The molecule has 1 aromatic carbocycles. The third-order valence-electron chi connectivity index (χ3n) is 2.29. The smallest absolute Gasteiger partial charge is 0.230 e. The van der Waals surface area contributed by atoms with E-state index in [9.17, 15) is 4.79 Å². The molecule has 0 saturated heterocycles. The van der Waals surface area contributed by atoms with E-state index in [2.05, 4.69) is 26.2 Å². The van der Waals surface area contributed by atoms with Crippen LogP contribution in [0.5, 0.6) is 0 Å². The van der Waals surface area contributed by atoms with Crippen LogP contribution in [0.4, 0.5) is 10.8 Å². The fourth-order valence-electron chi connectivity index (χ4n) is 1.48. The lowest BCUT2D eigenvalue weighted by atomic mass is 10.2. The first-order chi connectivity index (χ1) is 9.08. The molecule has 0 radical (unpaired) electrons. The molecule has 7 heteroatoms. The van der Waals surface area contributed by atoms with E-state index >= 15 is 0 Å². The van der Waals surface area contributed by atoms with Gasteiger partial charge in [-0.15, -0.1) is 11.3 Å². The zero-order valence-corrected chi connectivity index (χ0v) is 12.1. The zero-order chi connectivity index (χ0) is 13.8. The molecule has 1 heterocycles. The Bertz CT molecular complexity index is 662. The lowest BCUT2D eigenvalue weighted by Crippen LogP contribution is -2.15. The molecule has 0 spiro atoms. The van der Waals surface area contributed by atoms with Crippen LogP contribution in [-0.2, 0) is 11.2 Å². The van der Waals surface area contributed by atoms with Crippen LogP contribution in [0.15, 0.2) is 28.1 Å². The molecule has 0 aliphatic rings. The van der Waals surface area contributed by atoms with Gasteiger partial charge in [-0.3, -0.25) is 4.79 Å². The van der Waals surface area contributed by atoms with Crippen LogP contribution in [0.2, 0.25) is 0 Å². The monoisotopic (exact) mass is 336 g/mol. The summed E-state index contributed by atoms with van der Waals surface area (Å²) < 4.78 is 0.791. The molecule has 0 aliphatic heterocycles. The van der Waals surface area contributed by atoms with E-state index in [1.54, 1.807) is 23.6 Å². The topological polar surface area (TPSA) is 91.8 Å². The van der Waals surface area contributed by atoms with E-state index in [4.69, 9.17) is 11.0 Å². The fraction of sp³-hybridized carbons (Fsp3) is 0.0833. The van der Waals surface area contributed by atoms with E-state index in [1.165, 1.54) is 11.3 Å². The summed E-state index contributed by atoms with van der Waals surface area (Å²) in [6.45, 7) is 0. The third-order valence-corrected chi connectivity index (χ3v) is 3.50. The number of aromatic nitrogens is 1. The predicted molar refractivity (Wildman–Crippen MR) is 77.7 cm³/mol. The van der Waals surface area contributed by atoms with Crippen molar-refractivity contribution in [3.05, 3.63) is 39.3 Å². The number of thiazole rings is 1. The standard InChI is InChI=1S/C12H9BrN4OS/c13-8-2-1-7(5-14)10(3-8)17-11(18)4-9-6-19-12(15)16-9/h1-3,6H,4H2,(H2,15,16)(H,17,18). The molecule has 0 bridgehead atoms. The van der Waals surface area contributed by atoms with Gasteiger partial charge in [-0.2, -0.15) is 5.26 Å². The highest BCUT2D eigenvalue weighted by atomic mass is 79.9. The van der Waals surface area contributed by atoms with Crippen molar-refractivity contribution in [3.8, 4) is 6.07 Å². The first-order valence-electron chi connectivity index (χ1n) is 5.28.